The number of aliphatic imine (C=N–C) groups is 1. The minimum Gasteiger partial charge on any atom is -0.507 e. The zero-order chi connectivity index (χ0) is 14.7. The number of fused-ring (bicyclic) bond motifs is 1. The molecule has 0 aliphatic carbocycles. The van der Waals surface area contributed by atoms with E-state index in [0.29, 0.717) is 12.3 Å². The van der Waals surface area contributed by atoms with Crippen LogP contribution in [0.3, 0.4) is 0 Å². The SMILES string of the molecule is Cc1ccc(CN=Cc2ccc3ccccc3c2O)cc1. The topological polar surface area (TPSA) is 32.6 Å². The molecule has 104 valence electrons. The molecule has 0 radical (unpaired) electrons. The Morgan fingerprint density at radius 3 is 2.52 bits per heavy atom. The quantitative estimate of drug-likeness (QED) is 0.703. The van der Waals surface area contributed by atoms with Gasteiger partial charge in [-0.3, -0.25) is 4.99 Å². The third-order valence-electron chi connectivity index (χ3n) is 3.56. The zero-order valence-corrected chi connectivity index (χ0v) is 12.0. The molecule has 0 spiro atoms. The van der Waals surface area contributed by atoms with E-state index in [1.165, 1.54) is 5.56 Å². The maximum Gasteiger partial charge on any atom is 0.132 e. The van der Waals surface area contributed by atoms with Gasteiger partial charge in [0.05, 0.1) is 6.54 Å². The van der Waals surface area contributed by atoms with Gasteiger partial charge in [-0.2, -0.15) is 0 Å². The molecule has 0 saturated carbocycles. The van der Waals surface area contributed by atoms with Crippen molar-refractivity contribution in [3.8, 4) is 5.75 Å². The number of rotatable bonds is 3. The fourth-order valence-corrected chi connectivity index (χ4v) is 2.32. The summed E-state index contributed by atoms with van der Waals surface area (Å²) in [5.41, 5.74) is 3.16. The number of benzene rings is 3. The minimum atomic E-state index is 0.292. The molecule has 0 fully saturated rings. The monoisotopic (exact) mass is 275 g/mol. The van der Waals surface area contributed by atoms with Gasteiger partial charge in [-0.15, -0.1) is 0 Å². The predicted molar refractivity (Wildman–Crippen MR) is 88.1 cm³/mol. The first kappa shape index (κ1) is 13.4. The maximum atomic E-state index is 10.3. The Hall–Kier alpha value is -2.61. The summed E-state index contributed by atoms with van der Waals surface area (Å²) in [4.78, 5) is 4.42. The molecule has 0 unspecified atom stereocenters. The Morgan fingerprint density at radius 1 is 0.952 bits per heavy atom. The van der Waals surface area contributed by atoms with E-state index in [0.717, 1.165) is 21.9 Å². The van der Waals surface area contributed by atoms with E-state index < -0.39 is 0 Å². The van der Waals surface area contributed by atoms with Crippen LogP contribution >= 0.6 is 0 Å². The van der Waals surface area contributed by atoms with Crippen molar-refractivity contribution in [2.24, 2.45) is 4.99 Å². The van der Waals surface area contributed by atoms with Crippen LogP contribution in [0.1, 0.15) is 16.7 Å². The van der Waals surface area contributed by atoms with Gasteiger partial charge in [0.1, 0.15) is 5.75 Å². The summed E-state index contributed by atoms with van der Waals surface area (Å²) in [6, 6.07) is 20.0. The summed E-state index contributed by atoms with van der Waals surface area (Å²) in [6.45, 7) is 2.69. The van der Waals surface area contributed by atoms with E-state index in [9.17, 15) is 5.11 Å². The number of aromatic hydroxyl groups is 1. The van der Waals surface area contributed by atoms with Crippen LogP contribution in [0.15, 0.2) is 65.7 Å². The third-order valence-corrected chi connectivity index (χ3v) is 3.56. The molecule has 0 amide bonds. The summed E-state index contributed by atoms with van der Waals surface area (Å²) in [7, 11) is 0. The fourth-order valence-electron chi connectivity index (χ4n) is 2.32. The van der Waals surface area contributed by atoms with Crippen molar-refractivity contribution in [3.63, 3.8) is 0 Å². The average Bonchev–Trinajstić information content (AvgIpc) is 2.52. The van der Waals surface area contributed by atoms with Crippen LogP contribution in [-0.2, 0) is 6.54 Å². The molecule has 2 nitrogen and oxygen atoms in total. The van der Waals surface area contributed by atoms with E-state index in [-0.39, 0.29) is 0 Å². The van der Waals surface area contributed by atoms with Gasteiger partial charge in [-0.1, -0.05) is 60.2 Å². The standard InChI is InChI=1S/C19H17NO/c1-14-6-8-15(9-7-14)12-20-13-17-11-10-16-4-2-3-5-18(16)19(17)21/h2-11,13,21H,12H2,1H3. The van der Waals surface area contributed by atoms with Gasteiger partial charge in [0.2, 0.25) is 0 Å². The molecule has 0 aliphatic rings. The van der Waals surface area contributed by atoms with E-state index in [1.807, 2.05) is 36.4 Å². The molecule has 3 aromatic carbocycles. The lowest BCUT2D eigenvalue weighted by atomic mass is 10.1. The van der Waals surface area contributed by atoms with Crippen molar-refractivity contribution in [2.45, 2.75) is 13.5 Å². The molecular formula is C19H17NO. The molecule has 3 aromatic rings. The molecule has 0 heterocycles. The molecule has 0 saturated heterocycles. The van der Waals surface area contributed by atoms with Crippen LogP contribution < -0.4 is 0 Å². The number of nitrogens with zero attached hydrogens (tertiary/aromatic N) is 1. The van der Waals surface area contributed by atoms with Crippen molar-refractivity contribution in [2.75, 3.05) is 0 Å². The van der Waals surface area contributed by atoms with E-state index in [2.05, 4.69) is 36.2 Å². The largest absolute Gasteiger partial charge is 0.507 e. The van der Waals surface area contributed by atoms with Gasteiger partial charge >= 0.3 is 0 Å². The number of phenolic OH excluding ortho intramolecular Hbond substituents is 1. The van der Waals surface area contributed by atoms with Gasteiger partial charge in [-0.05, 0) is 23.9 Å². The number of phenols is 1. The van der Waals surface area contributed by atoms with Crippen molar-refractivity contribution in [1.29, 1.82) is 0 Å². The second-order valence-electron chi connectivity index (χ2n) is 5.18. The van der Waals surface area contributed by atoms with Crippen LogP contribution in [-0.4, -0.2) is 11.3 Å². The molecule has 0 bridgehead atoms. The van der Waals surface area contributed by atoms with Crippen LogP contribution in [0, 0.1) is 6.92 Å². The van der Waals surface area contributed by atoms with Crippen molar-refractivity contribution in [3.05, 3.63) is 77.4 Å². The third kappa shape index (κ3) is 2.95. The number of aryl methyl sites for hydroxylation is 1. The minimum absolute atomic E-state index is 0.292. The highest BCUT2D eigenvalue weighted by molar-refractivity contribution is 5.97. The Bertz CT molecular complexity index is 788. The molecule has 0 aromatic heterocycles. The maximum absolute atomic E-state index is 10.3. The van der Waals surface area contributed by atoms with Crippen LogP contribution in [0.4, 0.5) is 0 Å². The molecule has 3 rings (SSSR count). The average molecular weight is 275 g/mol. The van der Waals surface area contributed by atoms with E-state index in [1.54, 1.807) is 6.21 Å². The highest BCUT2D eigenvalue weighted by Gasteiger charge is 2.03. The summed E-state index contributed by atoms with van der Waals surface area (Å²) < 4.78 is 0. The van der Waals surface area contributed by atoms with Crippen molar-refractivity contribution in [1.82, 2.24) is 0 Å². The first-order chi connectivity index (χ1) is 10.2. The Labute approximate surface area is 124 Å². The molecule has 0 aliphatic heterocycles. The lowest BCUT2D eigenvalue weighted by Crippen LogP contribution is -1.87. The molecule has 1 N–H and O–H groups in total. The van der Waals surface area contributed by atoms with Gasteiger partial charge in [0, 0.05) is 17.2 Å². The van der Waals surface area contributed by atoms with Gasteiger partial charge in [0.25, 0.3) is 0 Å². The lowest BCUT2D eigenvalue weighted by molar-refractivity contribution is 0.481. The van der Waals surface area contributed by atoms with Crippen LogP contribution in [0.5, 0.6) is 5.75 Å². The summed E-state index contributed by atoms with van der Waals surface area (Å²) in [6.07, 6.45) is 1.74. The molecule has 2 heteroatoms. The highest BCUT2D eigenvalue weighted by atomic mass is 16.3. The van der Waals surface area contributed by atoms with Crippen LogP contribution in [0.25, 0.3) is 10.8 Å². The highest BCUT2D eigenvalue weighted by Crippen LogP contribution is 2.27. The molecule has 21 heavy (non-hydrogen) atoms. The normalized spacial score (nSPS) is 11.3. The number of hydrogen-bond acceptors (Lipinski definition) is 2. The van der Waals surface area contributed by atoms with Gasteiger partial charge < -0.3 is 5.11 Å². The van der Waals surface area contributed by atoms with Gasteiger partial charge in [0.15, 0.2) is 0 Å². The molecular weight excluding hydrogens is 258 g/mol. The molecule has 0 atom stereocenters. The fraction of sp³-hybridized carbons (Fsp3) is 0.105. The first-order valence-corrected chi connectivity index (χ1v) is 7.00. The Morgan fingerprint density at radius 2 is 1.71 bits per heavy atom. The lowest BCUT2D eigenvalue weighted by Gasteiger charge is -2.04. The van der Waals surface area contributed by atoms with E-state index in [4.69, 9.17) is 0 Å². The summed E-state index contributed by atoms with van der Waals surface area (Å²) >= 11 is 0. The van der Waals surface area contributed by atoms with Crippen molar-refractivity contribution >= 4 is 17.0 Å². The first-order valence-electron chi connectivity index (χ1n) is 7.00. The smallest absolute Gasteiger partial charge is 0.132 e. The predicted octanol–water partition coefficient (Wildman–Crippen LogP) is 4.47. The van der Waals surface area contributed by atoms with Gasteiger partial charge in [-0.25, -0.2) is 0 Å². The second kappa shape index (κ2) is 5.80. The summed E-state index contributed by atoms with van der Waals surface area (Å²) in [5, 5.41) is 12.2. The van der Waals surface area contributed by atoms with Crippen molar-refractivity contribution < 1.29 is 5.11 Å². The Kier molecular flexibility index (Phi) is 3.69. The van der Waals surface area contributed by atoms with Crippen LogP contribution in [0.2, 0.25) is 0 Å². The summed E-state index contributed by atoms with van der Waals surface area (Å²) in [5.74, 6) is 0.292. The van der Waals surface area contributed by atoms with E-state index >= 15 is 0 Å². The second-order valence-corrected chi connectivity index (χ2v) is 5.18. The zero-order valence-electron chi connectivity index (χ0n) is 12.0. The Balaban J connectivity index is 1.82. The number of hydrogen-bond donors (Lipinski definition) is 1.